The van der Waals surface area contributed by atoms with E-state index in [4.69, 9.17) is 10.8 Å². The van der Waals surface area contributed by atoms with E-state index in [1.165, 1.54) is 12.8 Å². The number of benzene rings is 1. The Morgan fingerprint density at radius 1 is 1.53 bits per heavy atom. The molecule has 1 aliphatic rings. The van der Waals surface area contributed by atoms with E-state index in [-0.39, 0.29) is 12.6 Å². The minimum absolute atomic E-state index is 0.0487. The molecular formula is C13H19BrN2O. The Labute approximate surface area is 111 Å². The Hall–Kier alpha value is -0.580. The lowest BCUT2D eigenvalue weighted by Crippen LogP contribution is -2.29. The lowest BCUT2D eigenvalue weighted by Gasteiger charge is -2.25. The van der Waals surface area contributed by atoms with E-state index >= 15 is 0 Å². The third kappa shape index (κ3) is 3.00. The van der Waals surface area contributed by atoms with E-state index < -0.39 is 0 Å². The van der Waals surface area contributed by atoms with Gasteiger partial charge in [0.1, 0.15) is 0 Å². The molecule has 1 aliphatic carbocycles. The fourth-order valence-electron chi connectivity index (χ4n) is 2.03. The second-order valence-corrected chi connectivity index (χ2v) is 5.50. The molecule has 0 aromatic heterocycles. The van der Waals surface area contributed by atoms with Crippen LogP contribution in [0.2, 0.25) is 0 Å². The molecule has 1 aromatic rings. The molecule has 2 rings (SSSR count). The Morgan fingerprint density at radius 3 is 2.71 bits per heavy atom. The molecule has 0 radical (unpaired) electrons. The van der Waals surface area contributed by atoms with Crippen LogP contribution < -0.4 is 10.6 Å². The van der Waals surface area contributed by atoms with Crippen molar-refractivity contribution in [1.82, 2.24) is 0 Å². The lowest BCUT2D eigenvalue weighted by molar-refractivity contribution is 0.301. The Bertz CT molecular complexity index is 391. The quantitative estimate of drug-likeness (QED) is 0.878. The van der Waals surface area contributed by atoms with Crippen molar-refractivity contribution in [3.8, 4) is 0 Å². The molecule has 3 nitrogen and oxygen atoms in total. The molecule has 4 heteroatoms. The molecule has 3 N–H and O–H groups in total. The summed E-state index contributed by atoms with van der Waals surface area (Å²) in [5, 5.41) is 9.13. The minimum atomic E-state index is 0.0487. The number of aliphatic hydroxyl groups excluding tert-OH is 1. The molecule has 1 saturated carbocycles. The number of hydrogen-bond donors (Lipinski definition) is 2. The minimum Gasteiger partial charge on any atom is -0.395 e. The van der Waals surface area contributed by atoms with Crippen molar-refractivity contribution in [1.29, 1.82) is 0 Å². The maximum absolute atomic E-state index is 9.13. The van der Waals surface area contributed by atoms with Gasteiger partial charge in [-0.3, -0.25) is 0 Å². The van der Waals surface area contributed by atoms with Crippen LogP contribution in [0.3, 0.4) is 0 Å². The summed E-state index contributed by atoms with van der Waals surface area (Å²) < 4.78 is 1.06. The maximum Gasteiger partial charge on any atom is 0.0606 e. The van der Waals surface area contributed by atoms with E-state index in [1.807, 2.05) is 6.92 Å². The zero-order valence-electron chi connectivity index (χ0n) is 10.1. The summed E-state index contributed by atoms with van der Waals surface area (Å²) in [5.74, 6) is 0. The summed E-state index contributed by atoms with van der Waals surface area (Å²) in [6, 6.07) is 6.88. The van der Waals surface area contributed by atoms with Crippen LogP contribution in [0.25, 0.3) is 0 Å². The van der Waals surface area contributed by atoms with Gasteiger partial charge in [0.05, 0.1) is 12.3 Å². The van der Waals surface area contributed by atoms with Gasteiger partial charge in [-0.25, -0.2) is 0 Å². The van der Waals surface area contributed by atoms with E-state index in [0.29, 0.717) is 12.6 Å². The van der Waals surface area contributed by atoms with Gasteiger partial charge in [0.25, 0.3) is 0 Å². The first kappa shape index (κ1) is 12.9. The fourth-order valence-corrected chi connectivity index (χ4v) is 2.66. The highest BCUT2D eigenvalue weighted by atomic mass is 79.9. The van der Waals surface area contributed by atoms with Gasteiger partial charge in [-0.15, -0.1) is 0 Å². The highest BCUT2D eigenvalue weighted by molar-refractivity contribution is 9.10. The number of nitrogens with zero attached hydrogens (tertiary/aromatic N) is 1. The molecule has 1 fully saturated rings. The predicted octanol–water partition coefficient (Wildman–Crippen LogP) is 2.43. The second-order valence-electron chi connectivity index (χ2n) is 4.65. The van der Waals surface area contributed by atoms with Gasteiger partial charge in [-0.2, -0.15) is 0 Å². The van der Waals surface area contributed by atoms with Crippen LogP contribution in [0, 0.1) is 0 Å². The van der Waals surface area contributed by atoms with Crippen molar-refractivity contribution in [2.45, 2.75) is 31.8 Å². The van der Waals surface area contributed by atoms with Crippen LogP contribution in [0.1, 0.15) is 31.4 Å². The molecule has 94 valence electrons. The molecule has 17 heavy (non-hydrogen) atoms. The van der Waals surface area contributed by atoms with Crippen molar-refractivity contribution >= 4 is 21.6 Å². The van der Waals surface area contributed by atoms with Crippen LogP contribution in [-0.4, -0.2) is 24.3 Å². The monoisotopic (exact) mass is 298 g/mol. The topological polar surface area (TPSA) is 49.5 Å². The first-order chi connectivity index (χ1) is 8.13. The largest absolute Gasteiger partial charge is 0.395 e. The predicted molar refractivity (Wildman–Crippen MR) is 74.2 cm³/mol. The zero-order chi connectivity index (χ0) is 12.4. The van der Waals surface area contributed by atoms with Crippen LogP contribution >= 0.6 is 15.9 Å². The maximum atomic E-state index is 9.13. The molecule has 0 unspecified atom stereocenters. The molecule has 0 saturated heterocycles. The van der Waals surface area contributed by atoms with E-state index in [0.717, 1.165) is 15.7 Å². The Morgan fingerprint density at radius 2 is 2.24 bits per heavy atom. The zero-order valence-corrected chi connectivity index (χ0v) is 11.7. The SMILES string of the molecule is C[C@H](N)c1ccc(N(CCO)C2CC2)c(Br)c1. The van der Waals surface area contributed by atoms with Gasteiger partial charge < -0.3 is 15.7 Å². The smallest absolute Gasteiger partial charge is 0.0606 e. The molecular weight excluding hydrogens is 280 g/mol. The highest BCUT2D eigenvalue weighted by Crippen LogP contribution is 2.36. The standard InChI is InChI=1S/C13H19BrN2O/c1-9(15)10-2-5-13(12(14)8-10)16(6-7-17)11-3-4-11/h2,5,8-9,11,17H,3-4,6-7,15H2,1H3/t9-/m0/s1. The summed E-state index contributed by atoms with van der Waals surface area (Å²) in [4.78, 5) is 2.27. The van der Waals surface area contributed by atoms with Crippen molar-refractivity contribution in [2.75, 3.05) is 18.1 Å². The van der Waals surface area contributed by atoms with Gasteiger partial charge in [0.15, 0.2) is 0 Å². The molecule has 0 heterocycles. The molecule has 0 aliphatic heterocycles. The van der Waals surface area contributed by atoms with Gasteiger partial charge in [0.2, 0.25) is 0 Å². The van der Waals surface area contributed by atoms with Crippen molar-refractivity contribution in [2.24, 2.45) is 5.73 Å². The number of rotatable bonds is 5. The van der Waals surface area contributed by atoms with Crippen molar-refractivity contribution in [3.05, 3.63) is 28.2 Å². The summed E-state index contributed by atoms with van der Waals surface area (Å²) in [5.41, 5.74) is 8.15. The summed E-state index contributed by atoms with van der Waals surface area (Å²) in [7, 11) is 0. The van der Waals surface area contributed by atoms with Gasteiger partial charge in [0, 0.05) is 23.1 Å². The number of anilines is 1. The van der Waals surface area contributed by atoms with Crippen LogP contribution in [0.5, 0.6) is 0 Å². The highest BCUT2D eigenvalue weighted by Gasteiger charge is 2.29. The van der Waals surface area contributed by atoms with E-state index in [2.05, 4.69) is 39.0 Å². The van der Waals surface area contributed by atoms with Crippen LogP contribution in [0.15, 0.2) is 22.7 Å². The average Bonchev–Trinajstić information content (AvgIpc) is 3.10. The molecule has 1 aromatic carbocycles. The second kappa shape index (κ2) is 5.38. The third-order valence-electron chi connectivity index (χ3n) is 3.14. The van der Waals surface area contributed by atoms with E-state index in [9.17, 15) is 0 Å². The van der Waals surface area contributed by atoms with Gasteiger partial charge in [-0.05, 0) is 53.4 Å². The van der Waals surface area contributed by atoms with Gasteiger partial charge in [-0.1, -0.05) is 6.07 Å². The molecule has 0 amide bonds. The first-order valence-corrected chi connectivity index (χ1v) is 6.85. The van der Waals surface area contributed by atoms with E-state index in [1.54, 1.807) is 0 Å². The molecule has 0 spiro atoms. The van der Waals surface area contributed by atoms with Gasteiger partial charge >= 0.3 is 0 Å². The average molecular weight is 299 g/mol. The normalized spacial score (nSPS) is 16.9. The molecule has 1 atom stereocenters. The number of nitrogens with two attached hydrogens (primary N) is 1. The van der Waals surface area contributed by atoms with Crippen molar-refractivity contribution < 1.29 is 5.11 Å². The van der Waals surface area contributed by atoms with Crippen molar-refractivity contribution in [3.63, 3.8) is 0 Å². The number of halogens is 1. The van der Waals surface area contributed by atoms with Crippen LogP contribution in [0.4, 0.5) is 5.69 Å². The summed E-state index contributed by atoms with van der Waals surface area (Å²) in [6.07, 6.45) is 2.45. The lowest BCUT2D eigenvalue weighted by atomic mass is 10.1. The number of hydrogen-bond acceptors (Lipinski definition) is 3. The van der Waals surface area contributed by atoms with Crippen LogP contribution in [-0.2, 0) is 0 Å². The Balaban J connectivity index is 2.24. The Kier molecular flexibility index (Phi) is 4.07. The summed E-state index contributed by atoms with van der Waals surface area (Å²) in [6.45, 7) is 2.87. The first-order valence-electron chi connectivity index (χ1n) is 6.06. The number of aliphatic hydroxyl groups is 1. The molecule has 0 bridgehead atoms. The summed E-state index contributed by atoms with van der Waals surface area (Å²) >= 11 is 3.60. The third-order valence-corrected chi connectivity index (χ3v) is 3.77. The fraction of sp³-hybridized carbons (Fsp3) is 0.538.